The minimum atomic E-state index is -0.548. The van der Waals surface area contributed by atoms with Crippen LogP contribution < -0.4 is 10.6 Å². The first-order valence-corrected chi connectivity index (χ1v) is 7.21. The van der Waals surface area contributed by atoms with E-state index in [0.717, 1.165) is 0 Å². The predicted molar refractivity (Wildman–Crippen MR) is 80.8 cm³/mol. The zero-order valence-electron chi connectivity index (χ0n) is 12.3. The Kier molecular flexibility index (Phi) is 3.66. The van der Waals surface area contributed by atoms with Crippen LogP contribution in [0.5, 0.6) is 0 Å². The topological polar surface area (TPSA) is 100.0 Å². The van der Waals surface area contributed by atoms with Crippen molar-refractivity contribution in [3.63, 3.8) is 0 Å². The summed E-state index contributed by atoms with van der Waals surface area (Å²) in [5.41, 5.74) is 0.0670. The average Bonchev–Trinajstić information content (AvgIpc) is 3.25. The third-order valence-electron chi connectivity index (χ3n) is 3.87. The number of hydrogen-bond donors (Lipinski definition) is 2. The van der Waals surface area contributed by atoms with Gasteiger partial charge in [0.05, 0.1) is 16.7 Å². The Morgan fingerprint density at radius 1 is 1.26 bits per heavy atom. The molecule has 0 bridgehead atoms. The Morgan fingerprint density at radius 2 is 2.04 bits per heavy atom. The second-order valence-electron chi connectivity index (χ2n) is 5.40. The second-order valence-corrected chi connectivity index (χ2v) is 5.40. The van der Waals surface area contributed by atoms with E-state index >= 15 is 0 Å². The number of imide groups is 1. The van der Waals surface area contributed by atoms with Gasteiger partial charge in [-0.25, -0.2) is 0 Å². The van der Waals surface area contributed by atoms with Crippen LogP contribution in [0.3, 0.4) is 0 Å². The molecule has 0 aromatic heterocycles. The molecule has 3 amide bonds. The normalized spacial score (nSPS) is 16.5. The molecular weight excluding hydrogens is 296 g/mol. The van der Waals surface area contributed by atoms with Crippen molar-refractivity contribution in [3.05, 3.63) is 34.9 Å². The maximum absolute atomic E-state index is 12.3. The number of terminal acetylenes is 1. The number of carbonyl (C=O) groups excluding carboxylic acids is 3. The van der Waals surface area contributed by atoms with Gasteiger partial charge in [0, 0.05) is 25.8 Å². The number of benzene rings is 1. The van der Waals surface area contributed by atoms with E-state index in [9.17, 15) is 14.4 Å². The lowest BCUT2D eigenvalue weighted by Gasteiger charge is -2.11. The molecule has 0 saturated carbocycles. The first-order valence-electron chi connectivity index (χ1n) is 7.21. The van der Waals surface area contributed by atoms with Crippen molar-refractivity contribution in [1.82, 2.24) is 10.6 Å². The van der Waals surface area contributed by atoms with Gasteiger partial charge in [0.1, 0.15) is 0 Å². The van der Waals surface area contributed by atoms with Crippen LogP contribution in [0, 0.1) is 12.3 Å². The highest BCUT2D eigenvalue weighted by Crippen LogP contribution is 2.36. The summed E-state index contributed by atoms with van der Waals surface area (Å²) in [5, 5.41) is 12.9. The van der Waals surface area contributed by atoms with E-state index in [1.807, 2.05) is 0 Å². The van der Waals surface area contributed by atoms with Gasteiger partial charge < -0.3 is 5.32 Å². The molecule has 0 atom stereocenters. The molecule has 2 aliphatic heterocycles. The number of rotatable bonds is 6. The van der Waals surface area contributed by atoms with Gasteiger partial charge in [-0.3, -0.25) is 19.7 Å². The van der Waals surface area contributed by atoms with Gasteiger partial charge in [0.2, 0.25) is 0 Å². The van der Waals surface area contributed by atoms with Crippen molar-refractivity contribution in [2.45, 2.75) is 24.9 Å². The number of nitrogens with zero attached hydrogens (tertiary/aromatic N) is 2. The highest BCUT2D eigenvalue weighted by molar-refractivity contribution is 6.25. The molecule has 7 nitrogen and oxygen atoms in total. The molecule has 1 aromatic carbocycles. The zero-order valence-corrected chi connectivity index (χ0v) is 12.3. The van der Waals surface area contributed by atoms with E-state index in [0.29, 0.717) is 25.8 Å². The minimum Gasteiger partial charge on any atom is -0.352 e. The average molecular weight is 310 g/mol. The Balaban J connectivity index is 1.63. The van der Waals surface area contributed by atoms with Gasteiger partial charge in [-0.05, 0) is 12.1 Å². The molecule has 116 valence electrons. The summed E-state index contributed by atoms with van der Waals surface area (Å²) in [5.74, 6) is 1.11. The maximum Gasteiger partial charge on any atom is 0.259 e. The highest BCUT2D eigenvalue weighted by Gasteiger charge is 2.39. The molecule has 0 fully saturated rings. The first kappa shape index (κ1) is 14.9. The quantitative estimate of drug-likeness (QED) is 0.611. The van der Waals surface area contributed by atoms with Gasteiger partial charge in [-0.1, -0.05) is 6.07 Å². The number of fused-ring (bicyclic) bond motifs is 1. The summed E-state index contributed by atoms with van der Waals surface area (Å²) in [6.07, 6.45) is 7.02. The van der Waals surface area contributed by atoms with Crippen LogP contribution in [0.4, 0.5) is 0 Å². The summed E-state index contributed by atoms with van der Waals surface area (Å²) in [6, 6.07) is 4.61. The lowest BCUT2D eigenvalue weighted by atomic mass is 10.0. The molecule has 23 heavy (non-hydrogen) atoms. The summed E-state index contributed by atoms with van der Waals surface area (Å²) >= 11 is 0. The van der Waals surface area contributed by atoms with E-state index in [4.69, 9.17) is 6.42 Å². The fraction of sp³-hybridized carbons (Fsp3) is 0.312. The Morgan fingerprint density at radius 3 is 2.74 bits per heavy atom. The molecule has 1 aromatic rings. The molecule has 2 N–H and O–H groups in total. The summed E-state index contributed by atoms with van der Waals surface area (Å²) in [7, 11) is 0. The minimum absolute atomic E-state index is 0.123. The fourth-order valence-electron chi connectivity index (χ4n) is 2.55. The molecule has 2 heterocycles. The number of carbonyl (C=O) groups is 3. The Hall–Kier alpha value is -3.01. The molecule has 3 rings (SSSR count). The molecule has 0 spiro atoms. The summed E-state index contributed by atoms with van der Waals surface area (Å²) in [6.45, 7) is 0.357. The third kappa shape index (κ3) is 2.83. The first-order chi connectivity index (χ1) is 11.1. The van der Waals surface area contributed by atoms with Crippen LogP contribution >= 0.6 is 0 Å². The van der Waals surface area contributed by atoms with Crippen molar-refractivity contribution < 1.29 is 14.4 Å². The van der Waals surface area contributed by atoms with Crippen LogP contribution in [0.1, 0.15) is 50.3 Å². The van der Waals surface area contributed by atoms with Crippen LogP contribution in [0.25, 0.3) is 0 Å². The Labute approximate surface area is 132 Å². The van der Waals surface area contributed by atoms with Gasteiger partial charge in [-0.2, -0.15) is 10.2 Å². The van der Waals surface area contributed by atoms with Crippen LogP contribution in [0.2, 0.25) is 0 Å². The lowest BCUT2D eigenvalue weighted by molar-refractivity contribution is 0.0871. The van der Waals surface area contributed by atoms with Gasteiger partial charge >= 0.3 is 0 Å². The van der Waals surface area contributed by atoms with Crippen molar-refractivity contribution in [2.75, 3.05) is 6.54 Å². The third-order valence-corrected chi connectivity index (χ3v) is 3.87. The molecule has 0 unspecified atom stereocenters. The van der Waals surface area contributed by atoms with Crippen molar-refractivity contribution in [3.8, 4) is 12.3 Å². The molecule has 0 radical (unpaired) electrons. The summed E-state index contributed by atoms with van der Waals surface area (Å²) in [4.78, 5) is 35.7. The summed E-state index contributed by atoms with van der Waals surface area (Å²) < 4.78 is 0. The van der Waals surface area contributed by atoms with Gasteiger partial charge in [0.25, 0.3) is 17.7 Å². The smallest absolute Gasteiger partial charge is 0.259 e. The van der Waals surface area contributed by atoms with E-state index in [1.165, 1.54) is 12.1 Å². The van der Waals surface area contributed by atoms with E-state index in [1.54, 1.807) is 6.07 Å². The van der Waals surface area contributed by atoms with Gasteiger partial charge in [0.15, 0.2) is 5.66 Å². The monoisotopic (exact) mass is 310 g/mol. The standard InChI is InChI=1S/C16H14N4O3/c1-2-3-7-16(19-20-16)8-9-17-13(21)10-5-4-6-11-12(10)15(23)18-14(11)22/h1,4-6H,3,7-9H2,(H,17,21)(H,18,22,23). The molecule has 2 aliphatic rings. The number of nitrogens with one attached hydrogen (secondary N) is 2. The van der Waals surface area contributed by atoms with E-state index in [2.05, 4.69) is 26.8 Å². The maximum atomic E-state index is 12.3. The van der Waals surface area contributed by atoms with Crippen molar-refractivity contribution in [2.24, 2.45) is 10.2 Å². The Bertz CT molecular complexity index is 770. The molecule has 0 saturated heterocycles. The van der Waals surface area contributed by atoms with E-state index < -0.39 is 23.4 Å². The lowest BCUT2D eigenvalue weighted by Crippen LogP contribution is -2.29. The van der Waals surface area contributed by atoms with Crippen molar-refractivity contribution >= 4 is 17.7 Å². The van der Waals surface area contributed by atoms with Crippen LogP contribution in [0.15, 0.2) is 28.4 Å². The molecule has 0 aliphatic carbocycles. The van der Waals surface area contributed by atoms with Crippen molar-refractivity contribution in [1.29, 1.82) is 0 Å². The SMILES string of the molecule is C#CCCC1(CCNC(=O)c2cccc3c2C(=O)NC3=O)N=N1. The van der Waals surface area contributed by atoms with Crippen LogP contribution in [-0.4, -0.2) is 29.9 Å². The highest BCUT2D eigenvalue weighted by atomic mass is 16.2. The van der Waals surface area contributed by atoms with Gasteiger partial charge in [-0.15, -0.1) is 12.3 Å². The predicted octanol–water partition coefficient (Wildman–Crippen LogP) is 1.27. The molecular formula is C16H14N4O3. The molecule has 7 heteroatoms. The number of hydrogen-bond acceptors (Lipinski definition) is 5. The second kappa shape index (κ2) is 5.65. The number of amides is 3. The zero-order chi connectivity index (χ0) is 16.4. The van der Waals surface area contributed by atoms with Crippen LogP contribution in [-0.2, 0) is 0 Å². The van der Waals surface area contributed by atoms with E-state index in [-0.39, 0.29) is 16.7 Å². The largest absolute Gasteiger partial charge is 0.352 e. The fourth-order valence-corrected chi connectivity index (χ4v) is 2.55.